The van der Waals surface area contributed by atoms with Gasteiger partial charge in [-0.05, 0) is 38.3 Å². The minimum atomic E-state index is 0. The van der Waals surface area contributed by atoms with Gasteiger partial charge in [0, 0.05) is 58.7 Å². The van der Waals surface area contributed by atoms with Gasteiger partial charge in [-0.25, -0.2) is 0 Å². The summed E-state index contributed by atoms with van der Waals surface area (Å²) < 4.78 is 5.09. The molecule has 0 aliphatic carbocycles. The fraction of sp³-hybridized carbons (Fsp3) is 0.632. The van der Waals surface area contributed by atoms with E-state index in [-0.39, 0.29) is 24.0 Å². The standard InChI is InChI=1S/C19H32N4O.HI/c1-3-20-19(21-12-8-5-9-17-24-2)23-15-13-22(14-16-23)18-10-6-4-7-11-18;/h4,6-7,10-11H,3,5,8-9,12-17H2,1-2H3,(H,20,21);1H. The molecule has 0 amide bonds. The minimum absolute atomic E-state index is 0. The third kappa shape index (κ3) is 7.81. The van der Waals surface area contributed by atoms with Crippen LogP contribution in [-0.4, -0.2) is 63.8 Å². The summed E-state index contributed by atoms with van der Waals surface area (Å²) >= 11 is 0. The first-order valence-corrected chi connectivity index (χ1v) is 9.17. The molecule has 1 aliphatic heterocycles. The number of hydrogen-bond donors (Lipinski definition) is 1. The highest BCUT2D eigenvalue weighted by Crippen LogP contribution is 2.15. The fourth-order valence-electron chi connectivity index (χ4n) is 2.96. The van der Waals surface area contributed by atoms with E-state index in [0.29, 0.717) is 0 Å². The summed E-state index contributed by atoms with van der Waals surface area (Å²) in [7, 11) is 1.76. The molecule has 1 fully saturated rings. The van der Waals surface area contributed by atoms with Gasteiger partial charge in [0.25, 0.3) is 0 Å². The first-order valence-electron chi connectivity index (χ1n) is 9.17. The number of piperazine rings is 1. The fourth-order valence-corrected chi connectivity index (χ4v) is 2.96. The monoisotopic (exact) mass is 460 g/mol. The predicted octanol–water partition coefficient (Wildman–Crippen LogP) is 3.21. The summed E-state index contributed by atoms with van der Waals surface area (Å²) in [6.07, 6.45) is 3.43. The molecular formula is C19H33IN4O. The number of para-hydroxylation sites is 1. The lowest BCUT2D eigenvalue weighted by Crippen LogP contribution is -2.52. The van der Waals surface area contributed by atoms with Gasteiger partial charge in [0.1, 0.15) is 0 Å². The molecule has 2 rings (SSSR count). The van der Waals surface area contributed by atoms with Crippen LogP contribution in [0.1, 0.15) is 26.2 Å². The molecule has 1 aliphatic rings. The summed E-state index contributed by atoms with van der Waals surface area (Å²) in [5.41, 5.74) is 1.32. The van der Waals surface area contributed by atoms with Crippen molar-refractivity contribution in [3.63, 3.8) is 0 Å². The van der Waals surface area contributed by atoms with Crippen LogP contribution in [0.25, 0.3) is 0 Å². The van der Waals surface area contributed by atoms with Gasteiger partial charge in [-0.3, -0.25) is 4.99 Å². The summed E-state index contributed by atoms with van der Waals surface area (Å²) in [5.74, 6) is 1.07. The Hall–Kier alpha value is -1.02. The second kappa shape index (κ2) is 13.2. The van der Waals surface area contributed by atoms with Crippen molar-refractivity contribution in [3.05, 3.63) is 30.3 Å². The smallest absolute Gasteiger partial charge is 0.194 e. The van der Waals surface area contributed by atoms with Crippen LogP contribution in [0.2, 0.25) is 0 Å². The Morgan fingerprint density at radius 2 is 1.80 bits per heavy atom. The zero-order valence-corrected chi connectivity index (χ0v) is 17.9. The molecule has 0 aromatic heterocycles. The average Bonchev–Trinajstić information content (AvgIpc) is 2.64. The largest absolute Gasteiger partial charge is 0.385 e. The van der Waals surface area contributed by atoms with Gasteiger partial charge in [0.15, 0.2) is 5.96 Å². The Balaban J connectivity index is 0.00000312. The van der Waals surface area contributed by atoms with Crippen LogP contribution < -0.4 is 10.2 Å². The van der Waals surface area contributed by atoms with E-state index in [0.717, 1.165) is 64.7 Å². The van der Waals surface area contributed by atoms with Gasteiger partial charge in [0.05, 0.1) is 0 Å². The number of benzene rings is 1. The number of ether oxygens (including phenoxy) is 1. The molecule has 0 unspecified atom stereocenters. The Kier molecular flexibility index (Phi) is 11.6. The maximum absolute atomic E-state index is 5.09. The van der Waals surface area contributed by atoms with Crippen LogP contribution in [0, 0.1) is 0 Å². The van der Waals surface area contributed by atoms with Gasteiger partial charge >= 0.3 is 0 Å². The average molecular weight is 460 g/mol. The summed E-state index contributed by atoms with van der Waals surface area (Å²) in [6.45, 7) is 8.92. The maximum atomic E-state index is 5.09. The lowest BCUT2D eigenvalue weighted by Gasteiger charge is -2.37. The van der Waals surface area contributed by atoms with Crippen molar-refractivity contribution in [2.45, 2.75) is 26.2 Å². The lowest BCUT2D eigenvalue weighted by atomic mass is 10.2. The number of aliphatic imine (C=N–C) groups is 1. The van der Waals surface area contributed by atoms with Gasteiger partial charge in [-0.15, -0.1) is 24.0 Å². The zero-order valence-electron chi connectivity index (χ0n) is 15.6. The summed E-state index contributed by atoms with van der Waals surface area (Å²) in [6, 6.07) is 10.7. The Bertz CT molecular complexity index is 476. The molecular weight excluding hydrogens is 427 g/mol. The molecule has 0 radical (unpaired) electrons. The highest BCUT2D eigenvalue weighted by atomic mass is 127. The van der Waals surface area contributed by atoms with Crippen LogP contribution in [0.4, 0.5) is 5.69 Å². The Morgan fingerprint density at radius 3 is 2.44 bits per heavy atom. The normalized spacial score (nSPS) is 15.0. The molecule has 142 valence electrons. The molecule has 0 bridgehead atoms. The third-order valence-electron chi connectivity index (χ3n) is 4.30. The van der Waals surface area contributed by atoms with Crippen molar-refractivity contribution in [3.8, 4) is 0 Å². The van der Waals surface area contributed by atoms with Gasteiger partial charge in [-0.1, -0.05) is 18.2 Å². The highest BCUT2D eigenvalue weighted by Gasteiger charge is 2.19. The van der Waals surface area contributed by atoms with Crippen LogP contribution in [-0.2, 0) is 4.74 Å². The van der Waals surface area contributed by atoms with Crippen molar-refractivity contribution in [1.82, 2.24) is 10.2 Å². The van der Waals surface area contributed by atoms with E-state index in [1.165, 1.54) is 12.1 Å². The van der Waals surface area contributed by atoms with E-state index in [1.807, 2.05) is 0 Å². The molecule has 1 aromatic rings. The van der Waals surface area contributed by atoms with E-state index in [9.17, 15) is 0 Å². The Morgan fingerprint density at radius 1 is 1.08 bits per heavy atom. The third-order valence-corrected chi connectivity index (χ3v) is 4.30. The maximum Gasteiger partial charge on any atom is 0.194 e. The number of hydrogen-bond acceptors (Lipinski definition) is 3. The molecule has 1 N–H and O–H groups in total. The first-order chi connectivity index (χ1) is 11.8. The number of nitrogens with one attached hydrogen (secondary N) is 1. The molecule has 1 saturated heterocycles. The van der Waals surface area contributed by atoms with Crippen LogP contribution in [0.3, 0.4) is 0 Å². The van der Waals surface area contributed by atoms with Gasteiger partial charge in [0.2, 0.25) is 0 Å². The summed E-state index contributed by atoms with van der Waals surface area (Å²) in [5, 5.41) is 3.44. The van der Waals surface area contributed by atoms with E-state index in [4.69, 9.17) is 9.73 Å². The second-order valence-corrected chi connectivity index (χ2v) is 6.10. The van der Waals surface area contributed by atoms with Crippen molar-refractivity contribution < 1.29 is 4.74 Å². The van der Waals surface area contributed by atoms with Crippen LogP contribution >= 0.6 is 24.0 Å². The van der Waals surface area contributed by atoms with Crippen LogP contribution in [0.5, 0.6) is 0 Å². The number of halogens is 1. The highest BCUT2D eigenvalue weighted by molar-refractivity contribution is 14.0. The quantitative estimate of drug-likeness (QED) is 0.280. The molecule has 5 nitrogen and oxygen atoms in total. The lowest BCUT2D eigenvalue weighted by molar-refractivity contribution is 0.192. The van der Waals surface area contributed by atoms with E-state index >= 15 is 0 Å². The number of guanidine groups is 1. The number of unbranched alkanes of at least 4 members (excludes halogenated alkanes) is 2. The number of rotatable bonds is 8. The number of methoxy groups -OCH3 is 1. The molecule has 1 aromatic carbocycles. The molecule has 25 heavy (non-hydrogen) atoms. The second-order valence-electron chi connectivity index (χ2n) is 6.10. The van der Waals surface area contributed by atoms with Gasteiger partial charge in [-0.2, -0.15) is 0 Å². The molecule has 6 heteroatoms. The van der Waals surface area contributed by atoms with Crippen molar-refractivity contribution in [2.75, 3.05) is 57.9 Å². The molecule has 0 atom stereocenters. The molecule has 0 saturated carbocycles. The predicted molar refractivity (Wildman–Crippen MR) is 117 cm³/mol. The number of anilines is 1. The van der Waals surface area contributed by atoms with Crippen molar-refractivity contribution >= 4 is 35.6 Å². The Labute approximate surface area is 169 Å². The first kappa shape index (κ1) is 22.0. The minimum Gasteiger partial charge on any atom is -0.385 e. The van der Waals surface area contributed by atoms with Gasteiger partial charge < -0.3 is 19.9 Å². The summed E-state index contributed by atoms with van der Waals surface area (Å²) in [4.78, 5) is 9.64. The van der Waals surface area contributed by atoms with Crippen molar-refractivity contribution in [1.29, 1.82) is 0 Å². The van der Waals surface area contributed by atoms with E-state index in [2.05, 4.69) is 52.4 Å². The topological polar surface area (TPSA) is 40.1 Å². The van der Waals surface area contributed by atoms with E-state index < -0.39 is 0 Å². The molecule has 0 spiro atoms. The van der Waals surface area contributed by atoms with Crippen molar-refractivity contribution in [2.24, 2.45) is 4.99 Å². The number of nitrogens with zero attached hydrogens (tertiary/aromatic N) is 3. The van der Waals surface area contributed by atoms with Crippen LogP contribution in [0.15, 0.2) is 35.3 Å². The zero-order chi connectivity index (χ0) is 17.0. The molecule has 1 heterocycles. The van der Waals surface area contributed by atoms with E-state index in [1.54, 1.807) is 7.11 Å². The SMILES string of the molecule is CCNC(=NCCCCCOC)N1CCN(c2ccccc2)CC1.I.